The molecule has 1 unspecified atom stereocenters. The molecule has 2 aromatic rings. The van der Waals surface area contributed by atoms with Crippen molar-refractivity contribution < 1.29 is 13.9 Å². The summed E-state index contributed by atoms with van der Waals surface area (Å²) in [5.41, 5.74) is 1.34. The van der Waals surface area contributed by atoms with Crippen LogP contribution in [0.2, 0.25) is 0 Å². The summed E-state index contributed by atoms with van der Waals surface area (Å²) in [4.78, 5) is 4.11. The lowest BCUT2D eigenvalue weighted by Gasteiger charge is -2.11. The zero-order valence-corrected chi connectivity index (χ0v) is 9.63. The molecule has 1 aromatic carbocycles. The first-order chi connectivity index (χ1) is 8.66. The van der Waals surface area contributed by atoms with E-state index in [4.69, 9.17) is 0 Å². The second-order valence-corrected chi connectivity index (χ2v) is 4.01. The number of nitrogens with zero attached hydrogens (tertiary/aromatic N) is 1. The monoisotopic (exact) mass is 249 g/mol. The Morgan fingerprint density at radius 2 is 1.67 bits per heavy atom. The molecule has 0 amide bonds. The Bertz CT molecular complexity index is 485. The van der Waals surface area contributed by atoms with E-state index in [0.717, 1.165) is 5.69 Å². The Morgan fingerprint density at radius 1 is 1.00 bits per heavy atom. The largest absolute Gasteiger partial charge is 0.388 e. The molecule has 1 N–H and O–H groups in total. The van der Waals surface area contributed by atoms with Crippen LogP contribution in [-0.4, -0.2) is 10.1 Å². The number of hydrogen-bond donors (Lipinski definition) is 1. The lowest BCUT2D eigenvalue weighted by Crippen LogP contribution is -2.03. The Hall–Kier alpha value is -1.81. The number of hydrogen-bond acceptors (Lipinski definition) is 2. The van der Waals surface area contributed by atoms with Crippen molar-refractivity contribution in [2.75, 3.05) is 0 Å². The van der Waals surface area contributed by atoms with E-state index in [-0.39, 0.29) is 5.56 Å². The van der Waals surface area contributed by atoms with Crippen LogP contribution in [0, 0.1) is 0 Å². The molecule has 0 radical (unpaired) electrons. The highest BCUT2D eigenvalue weighted by atomic mass is 19.3. The standard InChI is InChI=1S/C14H13F2NO/c15-14(16)11-6-4-10(5-7-11)13(18)9-12-3-1-2-8-17-12/h1-8,13-14,18H,9H2. The van der Waals surface area contributed by atoms with Crippen molar-refractivity contribution in [1.29, 1.82) is 0 Å². The number of aromatic nitrogens is 1. The van der Waals surface area contributed by atoms with E-state index in [1.165, 1.54) is 24.3 Å². The Kier molecular flexibility index (Phi) is 3.99. The predicted octanol–water partition coefficient (Wildman–Crippen LogP) is 3.30. The number of pyridine rings is 1. The molecule has 0 aliphatic heterocycles. The molecular formula is C14H13F2NO. The molecule has 0 aliphatic rings. The van der Waals surface area contributed by atoms with Crippen molar-refractivity contribution in [3.05, 3.63) is 65.5 Å². The van der Waals surface area contributed by atoms with Gasteiger partial charge in [-0.3, -0.25) is 4.98 Å². The van der Waals surface area contributed by atoms with Crippen LogP contribution in [0.1, 0.15) is 29.4 Å². The van der Waals surface area contributed by atoms with Crippen molar-refractivity contribution in [3.8, 4) is 0 Å². The van der Waals surface area contributed by atoms with Crippen LogP contribution in [0.4, 0.5) is 8.78 Å². The average molecular weight is 249 g/mol. The maximum atomic E-state index is 12.4. The van der Waals surface area contributed by atoms with Crippen molar-refractivity contribution in [3.63, 3.8) is 0 Å². The van der Waals surface area contributed by atoms with Crippen LogP contribution in [0.15, 0.2) is 48.7 Å². The molecule has 0 fully saturated rings. The summed E-state index contributed by atoms with van der Waals surface area (Å²) in [5, 5.41) is 9.98. The van der Waals surface area contributed by atoms with Crippen molar-refractivity contribution in [2.45, 2.75) is 19.0 Å². The van der Waals surface area contributed by atoms with Gasteiger partial charge < -0.3 is 5.11 Å². The van der Waals surface area contributed by atoms with Gasteiger partial charge in [-0.2, -0.15) is 0 Å². The van der Waals surface area contributed by atoms with E-state index in [1.54, 1.807) is 12.3 Å². The Labute approximate surface area is 104 Å². The molecule has 0 saturated heterocycles. The normalized spacial score (nSPS) is 12.7. The fourth-order valence-electron chi connectivity index (χ4n) is 1.70. The van der Waals surface area contributed by atoms with Gasteiger partial charge in [0.25, 0.3) is 6.43 Å². The van der Waals surface area contributed by atoms with E-state index in [9.17, 15) is 13.9 Å². The van der Waals surface area contributed by atoms with Gasteiger partial charge in [-0.25, -0.2) is 8.78 Å². The third-order valence-corrected chi connectivity index (χ3v) is 2.70. The summed E-state index contributed by atoms with van der Waals surface area (Å²) in [5.74, 6) is 0. The van der Waals surface area contributed by atoms with Gasteiger partial charge in [0.1, 0.15) is 0 Å². The van der Waals surface area contributed by atoms with E-state index in [2.05, 4.69) is 4.98 Å². The average Bonchev–Trinajstić information content (AvgIpc) is 2.40. The summed E-state index contributed by atoms with van der Waals surface area (Å²) < 4.78 is 24.7. The van der Waals surface area contributed by atoms with Crippen LogP contribution >= 0.6 is 0 Å². The minimum Gasteiger partial charge on any atom is -0.388 e. The van der Waals surface area contributed by atoms with Crippen LogP contribution < -0.4 is 0 Å². The minimum absolute atomic E-state index is 0.0382. The van der Waals surface area contributed by atoms with E-state index in [1.807, 2.05) is 12.1 Å². The van der Waals surface area contributed by atoms with Crippen LogP contribution in [0.25, 0.3) is 0 Å². The first-order valence-electron chi connectivity index (χ1n) is 5.63. The molecule has 4 heteroatoms. The molecule has 1 heterocycles. The number of benzene rings is 1. The predicted molar refractivity (Wildman–Crippen MR) is 64.3 cm³/mol. The molecule has 0 bridgehead atoms. The number of alkyl halides is 2. The summed E-state index contributed by atoms with van der Waals surface area (Å²) in [6.45, 7) is 0. The SMILES string of the molecule is OC(Cc1ccccn1)c1ccc(C(F)F)cc1. The number of aliphatic hydroxyl groups is 1. The third kappa shape index (κ3) is 3.11. The summed E-state index contributed by atoms with van der Waals surface area (Å²) >= 11 is 0. The van der Waals surface area contributed by atoms with Crippen molar-refractivity contribution in [2.24, 2.45) is 0 Å². The number of aliphatic hydroxyl groups excluding tert-OH is 1. The second-order valence-electron chi connectivity index (χ2n) is 4.01. The quantitative estimate of drug-likeness (QED) is 0.901. The van der Waals surface area contributed by atoms with Gasteiger partial charge >= 0.3 is 0 Å². The molecule has 1 aromatic heterocycles. The first kappa shape index (κ1) is 12.6. The topological polar surface area (TPSA) is 33.1 Å². The maximum Gasteiger partial charge on any atom is 0.263 e. The zero-order chi connectivity index (χ0) is 13.0. The Morgan fingerprint density at radius 3 is 2.22 bits per heavy atom. The smallest absolute Gasteiger partial charge is 0.263 e. The molecular weight excluding hydrogens is 236 g/mol. The van der Waals surface area contributed by atoms with Crippen LogP contribution in [-0.2, 0) is 6.42 Å². The lowest BCUT2D eigenvalue weighted by molar-refractivity contribution is 0.151. The zero-order valence-electron chi connectivity index (χ0n) is 9.63. The molecule has 94 valence electrons. The molecule has 0 aliphatic carbocycles. The van der Waals surface area contributed by atoms with Gasteiger partial charge in [-0.1, -0.05) is 30.3 Å². The third-order valence-electron chi connectivity index (χ3n) is 2.70. The second kappa shape index (κ2) is 5.69. The highest BCUT2D eigenvalue weighted by molar-refractivity contribution is 5.25. The maximum absolute atomic E-state index is 12.4. The van der Waals surface area contributed by atoms with E-state index >= 15 is 0 Å². The molecule has 2 nitrogen and oxygen atoms in total. The summed E-state index contributed by atoms with van der Waals surface area (Å²) in [7, 11) is 0. The lowest BCUT2D eigenvalue weighted by atomic mass is 10.0. The number of rotatable bonds is 4. The highest BCUT2D eigenvalue weighted by Gasteiger charge is 2.11. The molecule has 0 spiro atoms. The van der Waals surface area contributed by atoms with Gasteiger partial charge in [0.2, 0.25) is 0 Å². The molecule has 1 atom stereocenters. The molecule has 0 saturated carbocycles. The fraction of sp³-hybridized carbons (Fsp3) is 0.214. The van der Waals surface area contributed by atoms with Crippen molar-refractivity contribution in [1.82, 2.24) is 4.98 Å². The van der Waals surface area contributed by atoms with E-state index < -0.39 is 12.5 Å². The van der Waals surface area contributed by atoms with Gasteiger partial charge in [0.05, 0.1) is 6.10 Å². The number of halogens is 2. The molecule has 18 heavy (non-hydrogen) atoms. The van der Waals surface area contributed by atoms with Gasteiger partial charge in [-0.15, -0.1) is 0 Å². The van der Waals surface area contributed by atoms with Crippen LogP contribution in [0.5, 0.6) is 0 Å². The molecule has 2 rings (SSSR count). The van der Waals surface area contributed by atoms with Gasteiger partial charge in [0.15, 0.2) is 0 Å². The van der Waals surface area contributed by atoms with Gasteiger partial charge in [0, 0.05) is 23.9 Å². The Balaban J connectivity index is 2.07. The van der Waals surface area contributed by atoms with Gasteiger partial charge in [-0.05, 0) is 17.7 Å². The van der Waals surface area contributed by atoms with E-state index in [0.29, 0.717) is 12.0 Å². The summed E-state index contributed by atoms with van der Waals surface area (Å²) in [6.07, 6.45) is -1.19. The fourth-order valence-corrected chi connectivity index (χ4v) is 1.70. The van der Waals surface area contributed by atoms with Crippen molar-refractivity contribution >= 4 is 0 Å². The highest BCUT2D eigenvalue weighted by Crippen LogP contribution is 2.22. The van der Waals surface area contributed by atoms with Crippen LogP contribution in [0.3, 0.4) is 0 Å². The summed E-state index contributed by atoms with van der Waals surface area (Å²) in [6, 6.07) is 11.2. The minimum atomic E-state index is -2.48. The first-order valence-corrected chi connectivity index (χ1v) is 5.63.